The topological polar surface area (TPSA) is 44.3 Å². The summed E-state index contributed by atoms with van der Waals surface area (Å²) in [4.78, 5) is 13.2. The number of aromatic nitrogens is 2. The van der Waals surface area contributed by atoms with Crippen LogP contribution in [0.5, 0.6) is 0 Å². The molecule has 1 aromatic heterocycles. The maximum Gasteiger partial charge on any atom is 0.224 e. The molecule has 1 N–H and O–H groups in total. The third-order valence-corrected chi connectivity index (χ3v) is 3.01. The van der Waals surface area contributed by atoms with Crippen molar-refractivity contribution < 1.29 is 0 Å². The first kappa shape index (κ1) is 16.9. The first-order chi connectivity index (χ1) is 9.49. The lowest BCUT2D eigenvalue weighted by Crippen LogP contribution is -2.25. The minimum atomic E-state index is 0.665. The first-order valence-corrected chi connectivity index (χ1v) is 7.36. The van der Waals surface area contributed by atoms with Crippen LogP contribution in [0.4, 0.5) is 5.95 Å². The van der Waals surface area contributed by atoms with Gasteiger partial charge in [-0.05, 0) is 39.5 Å². The molecular weight excluding hydrogens is 250 g/mol. The van der Waals surface area contributed by atoms with Crippen molar-refractivity contribution in [2.24, 2.45) is 5.92 Å². The monoisotopic (exact) mass is 279 g/mol. The average Bonchev–Trinajstić information content (AvgIpc) is 2.38. The summed E-state index contributed by atoms with van der Waals surface area (Å²) in [5.41, 5.74) is 1.14. The van der Waals surface area contributed by atoms with E-state index in [0.717, 1.165) is 44.1 Å². The van der Waals surface area contributed by atoms with Crippen molar-refractivity contribution in [3.05, 3.63) is 18.0 Å². The van der Waals surface area contributed by atoms with Crippen LogP contribution in [-0.2, 0) is 6.54 Å². The van der Waals surface area contributed by atoms with Crippen LogP contribution < -0.4 is 10.2 Å². The molecule has 1 rings (SSSR count). The smallest absolute Gasteiger partial charge is 0.224 e. The van der Waals surface area contributed by atoms with Gasteiger partial charge in [0.15, 0.2) is 0 Å². The van der Waals surface area contributed by atoms with Crippen LogP contribution in [0.3, 0.4) is 0 Å². The number of anilines is 1. The number of nitrogens with zero attached hydrogens (tertiary/aromatic N) is 4. The molecule has 0 unspecified atom stereocenters. The van der Waals surface area contributed by atoms with Crippen molar-refractivity contribution in [1.29, 1.82) is 0 Å². The summed E-state index contributed by atoms with van der Waals surface area (Å²) in [6.07, 6.45) is 4.95. The van der Waals surface area contributed by atoms with E-state index in [-0.39, 0.29) is 0 Å². The molecule has 0 radical (unpaired) electrons. The molecule has 0 saturated heterocycles. The maximum absolute atomic E-state index is 4.44. The molecule has 0 aromatic carbocycles. The van der Waals surface area contributed by atoms with Gasteiger partial charge in [0, 0.05) is 38.1 Å². The van der Waals surface area contributed by atoms with Crippen LogP contribution in [0.1, 0.15) is 25.8 Å². The lowest BCUT2D eigenvalue weighted by atomic mass is 10.2. The highest BCUT2D eigenvalue weighted by atomic mass is 15.2. The van der Waals surface area contributed by atoms with Gasteiger partial charge in [0.2, 0.25) is 5.95 Å². The molecule has 0 saturated carbocycles. The molecule has 0 aliphatic rings. The fourth-order valence-corrected chi connectivity index (χ4v) is 1.87. The number of nitrogens with one attached hydrogen (secondary N) is 1. The van der Waals surface area contributed by atoms with Crippen molar-refractivity contribution in [3.8, 4) is 0 Å². The Bertz CT molecular complexity index is 361. The van der Waals surface area contributed by atoms with E-state index in [2.05, 4.69) is 53.0 Å². The fraction of sp³-hybridized carbons (Fsp3) is 0.733. The molecule has 0 atom stereocenters. The molecule has 20 heavy (non-hydrogen) atoms. The Labute approximate surface area is 123 Å². The quantitative estimate of drug-likeness (QED) is 0.744. The van der Waals surface area contributed by atoms with E-state index in [1.54, 1.807) is 0 Å². The molecule has 0 amide bonds. The van der Waals surface area contributed by atoms with Crippen molar-refractivity contribution in [3.63, 3.8) is 0 Å². The molecule has 114 valence electrons. The van der Waals surface area contributed by atoms with Crippen LogP contribution >= 0.6 is 0 Å². The molecule has 0 fully saturated rings. The Morgan fingerprint density at radius 2 is 1.75 bits per heavy atom. The standard InChI is InChI=1S/C15H29N5/c1-13(2)9-16-10-14-11-17-15(18-12-14)20(5)8-6-7-19(3)4/h11-13,16H,6-10H2,1-5H3. The van der Waals surface area contributed by atoms with Crippen molar-refractivity contribution in [2.75, 3.05) is 45.7 Å². The summed E-state index contributed by atoms with van der Waals surface area (Å²) in [6, 6.07) is 0. The summed E-state index contributed by atoms with van der Waals surface area (Å²) in [6.45, 7) is 8.32. The van der Waals surface area contributed by atoms with Crippen LogP contribution in [0.25, 0.3) is 0 Å². The predicted molar refractivity (Wildman–Crippen MR) is 85.0 cm³/mol. The van der Waals surface area contributed by atoms with Gasteiger partial charge >= 0.3 is 0 Å². The lowest BCUT2D eigenvalue weighted by Gasteiger charge is -2.18. The number of hydrogen-bond acceptors (Lipinski definition) is 5. The van der Waals surface area contributed by atoms with Crippen LogP contribution in [0.15, 0.2) is 12.4 Å². The zero-order valence-electron chi connectivity index (χ0n) is 13.6. The van der Waals surface area contributed by atoms with Gasteiger partial charge in [-0.1, -0.05) is 13.8 Å². The highest BCUT2D eigenvalue weighted by Gasteiger charge is 2.04. The third kappa shape index (κ3) is 6.82. The molecule has 5 heteroatoms. The summed E-state index contributed by atoms with van der Waals surface area (Å²) >= 11 is 0. The Balaban J connectivity index is 2.37. The van der Waals surface area contributed by atoms with Crippen molar-refractivity contribution in [2.45, 2.75) is 26.8 Å². The Morgan fingerprint density at radius 1 is 1.10 bits per heavy atom. The van der Waals surface area contributed by atoms with Gasteiger partial charge < -0.3 is 15.1 Å². The number of rotatable bonds is 9. The molecule has 0 bridgehead atoms. The Morgan fingerprint density at radius 3 is 2.30 bits per heavy atom. The van der Waals surface area contributed by atoms with Gasteiger partial charge in [0.25, 0.3) is 0 Å². The third-order valence-electron chi connectivity index (χ3n) is 3.01. The second-order valence-corrected chi connectivity index (χ2v) is 5.99. The summed E-state index contributed by atoms with van der Waals surface area (Å²) in [7, 11) is 6.23. The molecular formula is C15H29N5. The van der Waals surface area contributed by atoms with Crippen LogP contribution in [-0.4, -0.2) is 55.6 Å². The minimum Gasteiger partial charge on any atom is -0.344 e. The van der Waals surface area contributed by atoms with Gasteiger partial charge in [-0.2, -0.15) is 0 Å². The van der Waals surface area contributed by atoms with Gasteiger partial charge in [0.05, 0.1) is 0 Å². The summed E-state index contributed by atoms with van der Waals surface area (Å²) < 4.78 is 0. The second-order valence-electron chi connectivity index (χ2n) is 5.99. The van der Waals surface area contributed by atoms with Crippen LogP contribution in [0.2, 0.25) is 0 Å². The first-order valence-electron chi connectivity index (χ1n) is 7.36. The second kappa shape index (κ2) is 8.87. The van der Waals surface area contributed by atoms with E-state index in [9.17, 15) is 0 Å². The summed E-state index contributed by atoms with van der Waals surface area (Å²) in [5.74, 6) is 1.47. The maximum atomic E-state index is 4.44. The molecule has 0 spiro atoms. The van der Waals surface area contributed by atoms with Crippen LogP contribution in [0, 0.1) is 5.92 Å². The average molecular weight is 279 g/mol. The van der Waals surface area contributed by atoms with Gasteiger partial charge in [0.1, 0.15) is 0 Å². The highest BCUT2D eigenvalue weighted by Crippen LogP contribution is 2.06. The normalized spacial score (nSPS) is 11.3. The van der Waals surface area contributed by atoms with E-state index >= 15 is 0 Å². The van der Waals surface area contributed by atoms with Gasteiger partial charge in [-0.3, -0.25) is 0 Å². The van der Waals surface area contributed by atoms with E-state index in [0.29, 0.717) is 5.92 Å². The zero-order valence-corrected chi connectivity index (χ0v) is 13.6. The zero-order chi connectivity index (χ0) is 15.0. The molecule has 0 aliphatic heterocycles. The minimum absolute atomic E-state index is 0.665. The Kier molecular flexibility index (Phi) is 7.47. The molecule has 0 aliphatic carbocycles. The van der Waals surface area contributed by atoms with Gasteiger partial charge in [-0.25, -0.2) is 9.97 Å². The number of hydrogen-bond donors (Lipinski definition) is 1. The van der Waals surface area contributed by atoms with E-state index in [1.165, 1.54) is 0 Å². The van der Waals surface area contributed by atoms with Crippen molar-refractivity contribution in [1.82, 2.24) is 20.2 Å². The fourth-order valence-electron chi connectivity index (χ4n) is 1.87. The van der Waals surface area contributed by atoms with E-state index in [4.69, 9.17) is 0 Å². The highest BCUT2D eigenvalue weighted by molar-refractivity contribution is 5.28. The largest absolute Gasteiger partial charge is 0.344 e. The summed E-state index contributed by atoms with van der Waals surface area (Å²) in [5, 5.41) is 3.40. The molecule has 5 nitrogen and oxygen atoms in total. The lowest BCUT2D eigenvalue weighted by molar-refractivity contribution is 0.401. The molecule has 1 aromatic rings. The van der Waals surface area contributed by atoms with Gasteiger partial charge in [-0.15, -0.1) is 0 Å². The SMILES string of the molecule is CC(C)CNCc1cnc(N(C)CCCN(C)C)nc1. The predicted octanol–water partition coefficient (Wildman–Crippen LogP) is 1.61. The van der Waals surface area contributed by atoms with E-state index in [1.807, 2.05) is 19.4 Å². The molecule has 1 heterocycles. The Hall–Kier alpha value is -1.20. The van der Waals surface area contributed by atoms with Crippen molar-refractivity contribution >= 4 is 5.95 Å². The van der Waals surface area contributed by atoms with E-state index < -0.39 is 0 Å².